The molecule has 0 unspecified atom stereocenters. The molecule has 0 radical (unpaired) electrons. The molecule has 2 N–H and O–H groups in total. The molecule has 5 heteroatoms. The second-order valence-corrected chi connectivity index (χ2v) is 3.35. The number of nitrogens with one attached hydrogen (secondary N) is 2. The van der Waals surface area contributed by atoms with Crippen molar-refractivity contribution < 1.29 is 4.74 Å². The van der Waals surface area contributed by atoms with Crippen molar-refractivity contribution in [3.8, 4) is 0 Å². The molecule has 1 saturated heterocycles. The van der Waals surface area contributed by atoms with Crippen LogP contribution in [-0.4, -0.2) is 54.5 Å². The minimum absolute atomic E-state index is 0.865. The van der Waals surface area contributed by atoms with Crippen molar-refractivity contribution in [2.45, 2.75) is 0 Å². The van der Waals surface area contributed by atoms with E-state index in [9.17, 15) is 0 Å². The fraction of sp³-hybridized carbons (Fsp3) is 0.667. The molecule has 1 aliphatic rings. The van der Waals surface area contributed by atoms with Gasteiger partial charge >= 0.3 is 0 Å². The van der Waals surface area contributed by atoms with Gasteiger partial charge in [-0.15, -0.1) is 0 Å². The highest BCUT2D eigenvalue weighted by atomic mass is 16.5. The third-order valence-electron chi connectivity index (χ3n) is 2.35. The second-order valence-electron chi connectivity index (χ2n) is 3.35. The lowest BCUT2D eigenvalue weighted by Crippen LogP contribution is -2.39. The van der Waals surface area contributed by atoms with E-state index in [1.807, 2.05) is 6.07 Å². The molecule has 2 rings (SSSR count). The van der Waals surface area contributed by atoms with E-state index in [1.165, 1.54) is 0 Å². The van der Waals surface area contributed by atoms with Crippen LogP contribution in [0.3, 0.4) is 0 Å². The van der Waals surface area contributed by atoms with Crippen molar-refractivity contribution >= 4 is 5.82 Å². The van der Waals surface area contributed by atoms with Crippen LogP contribution in [0.2, 0.25) is 0 Å². The van der Waals surface area contributed by atoms with E-state index in [2.05, 4.69) is 20.4 Å². The smallest absolute Gasteiger partial charge is 0.121 e. The van der Waals surface area contributed by atoms with Crippen molar-refractivity contribution in [1.29, 1.82) is 0 Å². The zero-order valence-corrected chi connectivity index (χ0v) is 8.20. The molecule has 78 valence electrons. The highest BCUT2D eigenvalue weighted by Crippen LogP contribution is 1.99. The number of anilines is 1. The van der Waals surface area contributed by atoms with Crippen molar-refractivity contribution in [1.82, 2.24) is 15.1 Å². The molecule has 0 amide bonds. The van der Waals surface area contributed by atoms with Crippen molar-refractivity contribution in [3.63, 3.8) is 0 Å². The van der Waals surface area contributed by atoms with E-state index in [4.69, 9.17) is 4.74 Å². The first kappa shape index (κ1) is 9.48. The van der Waals surface area contributed by atoms with Crippen LogP contribution in [0.4, 0.5) is 5.82 Å². The average Bonchev–Trinajstić information content (AvgIpc) is 2.72. The Bertz CT molecular complexity index is 243. The normalized spacial score (nSPS) is 18.3. The first-order valence-corrected chi connectivity index (χ1v) is 4.98. The Morgan fingerprint density at radius 3 is 3.07 bits per heavy atom. The van der Waals surface area contributed by atoms with E-state index in [1.54, 1.807) is 6.20 Å². The third kappa shape index (κ3) is 2.71. The first-order valence-electron chi connectivity index (χ1n) is 4.98. The van der Waals surface area contributed by atoms with Gasteiger partial charge in [-0.3, -0.25) is 10.00 Å². The molecule has 0 aromatic carbocycles. The van der Waals surface area contributed by atoms with E-state index >= 15 is 0 Å². The van der Waals surface area contributed by atoms with Crippen LogP contribution in [-0.2, 0) is 4.74 Å². The largest absolute Gasteiger partial charge is 0.379 e. The summed E-state index contributed by atoms with van der Waals surface area (Å²) >= 11 is 0. The van der Waals surface area contributed by atoms with Crippen LogP contribution in [0, 0.1) is 0 Å². The van der Waals surface area contributed by atoms with Gasteiger partial charge in [-0.25, -0.2) is 0 Å². The molecule has 0 atom stereocenters. The maximum absolute atomic E-state index is 5.27. The Labute approximate surface area is 83.4 Å². The summed E-state index contributed by atoms with van der Waals surface area (Å²) in [6.07, 6.45) is 1.75. The van der Waals surface area contributed by atoms with Crippen LogP contribution in [0.15, 0.2) is 12.3 Å². The summed E-state index contributed by atoms with van der Waals surface area (Å²) in [4.78, 5) is 2.40. The Morgan fingerprint density at radius 1 is 1.50 bits per heavy atom. The van der Waals surface area contributed by atoms with Gasteiger partial charge in [0.05, 0.1) is 19.4 Å². The highest BCUT2D eigenvalue weighted by Gasteiger charge is 2.08. The Morgan fingerprint density at radius 2 is 2.36 bits per heavy atom. The van der Waals surface area contributed by atoms with Crippen LogP contribution >= 0.6 is 0 Å². The third-order valence-corrected chi connectivity index (χ3v) is 2.35. The van der Waals surface area contributed by atoms with Gasteiger partial charge < -0.3 is 10.1 Å². The molecule has 0 spiro atoms. The Hall–Kier alpha value is -1.07. The Kier molecular flexibility index (Phi) is 3.37. The number of rotatable bonds is 4. The van der Waals surface area contributed by atoms with Gasteiger partial charge in [0.15, 0.2) is 0 Å². The van der Waals surface area contributed by atoms with Gasteiger partial charge in [-0.05, 0) is 6.07 Å². The molecule has 1 fully saturated rings. The monoisotopic (exact) mass is 196 g/mol. The fourth-order valence-electron chi connectivity index (χ4n) is 1.53. The molecule has 1 aromatic rings. The number of nitrogens with zero attached hydrogens (tertiary/aromatic N) is 2. The summed E-state index contributed by atoms with van der Waals surface area (Å²) in [5.74, 6) is 0.984. The second kappa shape index (κ2) is 4.97. The number of ether oxygens (including phenoxy) is 1. The topological polar surface area (TPSA) is 53.2 Å². The van der Waals surface area contributed by atoms with Crippen molar-refractivity contribution in [2.24, 2.45) is 0 Å². The minimum Gasteiger partial charge on any atom is -0.379 e. The van der Waals surface area contributed by atoms with Crippen molar-refractivity contribution in [3.05, 3.63) is 12.3 Å². The zero-order valence-electron chi connectivity index (χ0n) is 8.20. The van der Waals surface area contributed by atoms with Gasteiger partial charge in [-0.2, -0.15) is 5.10 Å². The molecule has 2 heterocycles. The predicted octanol–water partition coefficient (Wildman–Crippen LogP) is 0.154. The first-order chi connectivity index (χ1) is 6.95. The molecule has 1 aliphatic heterocycles. The van der Waals surface area contributed by atoms with Gasteiger partial charge in [0.2, 0.25) is 0 Å². The molecule has 5 nitrogen and oxygen atoms in total. The average molecular weight is 196 g/mol. The van der Waals surface area contributed by atoms with Crippen LogP contribution < -0.4 is 5.32 Å². The molecule has 14 heavy (non-hydrogen) atoms. The predicted molar refractivity (Wildman–Crippen MR) is 54.3 cm³/mol. The van der Waals surface area contributed by atoms with Crippen molar-refractivity contribution in [2.75, 3.05) is 44.7 Å². The lowest BCUT2D eigenvalue weighted by atomic mass is 10.4. The number of hydrogen-bond acceptors (Lipinski definition) is 4. The van der Waals surface area contributed by atoms with Crippen LogP contribution in [0.1, 0.15) is 0 Å². The van der Waals surface area contributed by atoms with E-state index < -0.39 is 0 Å². The van der Waals surface area contributed by atoms with E-state index in [0.29, 0.717) is 0 Å². The van der Waals surface area contributed by atoms with Crippen LogP contribution in [0.25, 0.3) is 0 Å². The number of hydrogen-bond donors (Lipinski definition) is 2. The lowest BCUT2D eigenvalue weighted by molar-refractivity contribution is 0.0398. The summed E-state index contributed by atoms with van der Waals surface area (Å²) in [7, 11) is 0. The number of morpholine rings is 1. The number of H-pyrrole nitrogens is 1. The summed E-state index contributed by atoms with van der Waals surface area (Å²) in [6.45, 7) is 5.83. The standard InChI is InChI=1S/C9H16N4O/c1-2-11-12-9(1)10-3-4-13-5-7-14-8-6-13/h1-2H,3-8H2,(H2,10,11,12). The fourth-order valence-corrected chi connectivity index (χ4v) is 1.53. The molecule has 1 aromatic heterocycles. The number of aromatic nitrogens is 2. The number of aromatic amines is 1. The summed E-state index contributed by atoms with van der Waals surface area (Å²) in [6, 6.07) is 1.93. The highest BCUT2D eigenvalue weighted by molar-refractivity contribution is 5.31. The summed E-state index contributed by atoms with van der Waals surface area (Å²) in [5, 5.41) is 10.0. The SMILES string of the molecule is c1cc(NCCN2CCOCC2)[nH]n1. The summed E-state index contributed by atoms with van der Waals surface area (Å²) < 4.78 is 5.27. The summed E-state index contributed by atoms with van der Waals surface area (Å²) in [5.41, 5.74) is 0. The lowest BCUT2D eigenvalue weighted by Gasteiger charge is -2.26. The maximum Gasteiger partial charge on any atom is 0.121 e. The van der Waals surface area contributed by atoms with Gasteiger partial charge in [-0.1, -0.05) is 0 Å². The molecular formula is C9H16N4O. The molecular weight excluding hydrogens is 180 g/mol. The molecule has 0 aliphatic carbocycles. The quantitative estimate of drug-likeness (QED) is 0.720. The van der Waals surface area contributed by atoms with E-state index in [0.717, 1.165) is 45.2 Å². The van der Waals surface area contributed by atoms with Gasteiger partial charge in [0, 0.05) is 26.2 Å². The van der Waals surface area contributed by atoms with Gasteiger partial charge in [0.1, 0.15) is 5.82 Å². The van der Waals surface area contributed by atoms with Crippen LogP contribution in [0.5, 0.6) is 0 Å². The van der Waals surface area contributed by atoms with E-state index in [-0.39, 0.29) is 0 Å². The Balaban J connectivity index is 1.62. The minimum atomic E-state index is 0.865. The molecule has 0 saturated carbocycles. The molecule has 0 bridgehead atoms. The van der Waals surface area contributed by atoms with Gasteiger partial charge in [0.25, 0.3) is 0 Å². The zero-order chi connectivity index (χ0) is 9.64. The maximum atomic E-state index is 5.27.